The second-order valence-corrected chi connectivity index (χ2v) is 15.1. The zero-order valence-electron chi connectivity index (χ0n) is 28.8. The predicted molar refractivity (Wildman–Crippen MR) is 201 cm³/mol. The molecule has 0 unspecified atom stereocenters. The van der Waals surface area contributed by atoms with Crippen LogP contribution >= 0.6 is 11.3 Å². The number of aryl methyl sites for hydroxylation is 2. The van der Waals surface area contributed by atoms with Crippen LogP contribution in [0.5, 0.6) is 5.75 Å². The Bertz CT molecular complexity index is 2290. The summed E-state index contributed by atoms with van der Waals surface area (Å²) in [4.78, 5) is 56.5. The number of hydrogen-bond acceptors (Lipinski definition) is 9. The molecule has 4 aromatic carbocycles. The van der Waals surface area contributed by atoms with Crippen molar-refractivity contribution in [2.24, 2.45) is 0 Å². The fourth-order valence-electron chi connectivity index (χ4n) is 5.81. The average molecular weight is 738 g/mol. The van der Waals surface area contributed by atoms with Crippen molar-refractivity contribution in [2.45, 2.75) is 20.3 Å². The zero-order valence-corrected chi connectivity index (χ0v) is 30.4. The lowest BCUT2D eigenvalue weighted by molar-refractivity contribution is -0.116. The summed E-state index contributed by atoms with van der Waals surface area (Å²) >= 11 is 1.23. The van der Waals surface area contributed by atoms with Crippen LogP contribution in [0.4, 0.5) is 16.5 Å². The molecule has 0 aliphatic carbocycles. The van der Waals surface area contributed by atoms with Crippen molar-refractivity contribution in [2.75, 3.05) is 41.4 Å². The molecule has 14 heteroatoms. The third kappa shape index (κ3) is 7.87. The molecule has 0 fully saturated rings. The van der Waals surface area contributed by atoms with Gasteiger partial charge in [-0.1, -0.05) is 48.5 Å². The Hall–Kier alpha value is -5.86. The number of fused-ring (bicyclic) bond motifs is 1. The Morgan fingerprint density at radius 1 is 0.885 bits per heavy atom. The number of hydrogen-bond donors (Lipinski definition) is 2. The van der Waals surface area contributed by atoms with E-state index in [2.05, 4.69) is 15.6 Å². The fourth-order valence-corrected chi connectivity index (χ4v) is 7.40. The molecule has 2 N–H and O–H groups in total. The van der Waals surface area contributed by atoms with Gasteiger partial charge in [-0.05, 0) is 78.9 Å². The van der Waals surface area contributed by atoms with E-state index >= 15 is 0 Å². The van der Waals surface area contributed by atoms with E-state index in [4.69, 9.17) is 4.74 Å². The molecule has 1 aliphatic heterocycles. The lowest BCUT2D eigenvalue weighted by atomic mass is 9.99. The highest BCUT2D eigenvalue weighted by Crippen LogP contribution is 2.31. The molecule has 0 spiro atoms. The number of anilines is 3. The lowest BCUT2D eigenvalue weighted by Gasteiger charge is -2.24. The van der Waals surface area contributed by atoms with Crippen LogP contribution in [0.3, 0.4) is 0 Å². The molecule has 0 radical (unpaired) electrons. The van der Waals surface area contributed by atoms with Gasteiger partial charge >= 0.3 is 0 Å². The van der Waals surface area contributed by atoms with Crippen LogP contribution in [-0.4, -0.2) is 68.4 Å². The number of aromatic nitrogens is 1. The van der Waals surface area contributed by atoms with Gasteiger partial charge in [0.05, 0.1) is 35.9 Å². The summed E-state index contributed by atoms with van der Waals surface area (Å²) in [5.74, 6) is -1.70. The summed E-state index contributed by atoms with van der Waals surface area (Å²) in [6.07, 6.45) is 1.62. The number of nitrogens with one attached hydrogen (secondary N) is 2. The number of carbonyl (C=O) groups excluding carboxylic acids is 4. The molecule has 5 aromatic rings. The largest absolute Gasteiger partial charge is 0.495 e. The standard InChI is InChI=1S/C38H35N5O7S2/c1-23-9-16-33(50-3)32(17-23)43(52(4,48)49)21-35(45)39-28-15-10-24(2)27(19-28)18-25-11-13-26(14-12-25)31-22-51-38(40-31)41-34(44)20-42-36(46)29-7-5-6-8-30(29)37(42)47/h5-17,19,22H,18,20-21H2,1-4H3,(H,39,45)(H,40,41,44). The van der Waals surface area contributed by atoms with Crippen LogP contribution < -0.4 is 19.7 Å². The monoisotopic (exact) mass is 737 g/mol. The summed E-state index contributed by atoms with van der Waals surface area (Å²) in [7, 11) is -2.36. The van der Waals surface area contributed by atoms with Gasteiger partial charge in [0.25, 0.3) is 11.8 Å². The van der Waals surface area contributed by atoms with Crippen molar-refractivity contribution in [3.05, 3.63) is 124 Å². The van der Waals surface area contributed by atoms with Crippen molar-refractivity contribution in [1.29, 1.82) is 0 Å². The molecule has 0 atom stereocenters. The maximum Gasteiger partial charge on any atom is 0.262 e. The molecule has 6 rings (SSSR count). The number of carbonyl (C=O) groups is 4. The van der Waals surface area contributed by atoms with Crippen molar-refractivity contribution >= 4 is 61.5 Å². The van der Waals surface area contributed by atoms with Crippen LogP contribution in [-0.2, 0) is 26.0 Å². The van der Waals surface area contributed by atoms with Crippen molar-refractivity contribution < 1.29 is 32.3 Å². The van der Waals surface area contributed by atoms with E-state index in [1.165, 1.54) is 18.4 Å². The minimum atomic E-state index is -3.81. The quantitative estimate of drug-likeness (QED) is 0.155. The van der Waals surface area contributed by atoms with E-state index < -0.39 is 46.7 Å². The first-order valence-corrected chi connectivity index (χ1v) is 18.8. The summed E-state index contributed by atoms with van der Waals surface area (Å²) in [5, 5.41) is 7.67. The second-order valence-electron chi connectivity index (χ2n) is 12.3. The molecular formula is C38H35N5O7S2. The van der Waals surface area contributed by atoms with E-state index in [1.807, 2.05) is 55.6 Å². The maximum absolute atomic E-state index is 13.1. The Morgan fingerprint density at radius 2 is 1.58 bits per heavy atom. The summed E-state index contributed by atoms with van der Waals surface area (Å²) in [6, 6.07) is 24.9. The second kappa shape index (κ2) is 14.8. The van der Waals surface area contributed by atoms with E-state index in [-0.39, 0.29) is 16.8 Å². The molecule has 266 valence electrons. The molecule has 2 heterocycles. The number of thiazole rings is 1. The maximum atomic E-state index is 13.1. The normalized spacial score (nSPS) is 12.4. The number of imide groups is 1. The highest BCUT2D eigenvalue weighted by Gasteiger charge is 2.36. The third-order valence-corrected chi connectivity index (χ3v) is 10.4. The number of ether oxygens (including phenoxy) is 1. The Balaban J connectivity index is 1.07. The smallest absolute Gasteiger partial charge is 0.262 e. The lowest BCUT2D eigenvalue weighted by Crippen LogP contribution is -2.37. The molecule has 4 amide bonds. The Kier molecular flexibility index (Phi) is 10.2. The SMILES string of the molecule is COc1ccc(C)cc1N(CC(=O)Nc1ccc(C)c(Cc2ccc(-c3csc(NC(=O)CN4C(=O)c5ccccc5C4=O)n3)cc2)c1)S(C)(=O)=O. The van der Waals surface area contributed by atoms with Crippen LogP contribution in [0.1, 0.15) is 43.0 Å². The minimum Gasteiger partial charge on any atom is -0.495 e. The highest BCUT2D eigenvalue weighted by molar-refractivity contribution is 7.92. The number of benzene rings is 4. The number of rotatable bonds is 12. The number of sulfonamides is 1. The fraction of sp³-hybridized carbons (Fsp3) is 0.184. The van der Waals surface area contributed by atoms with Crippen LogP contribution in [0.2, 0.25) is 0 Å². The van der Waals surface area contributed by atoms with Crippen molar-refractivity contribution in [1.82, 2.24) is 9.88 Å². The van der Waals surface area contributed by atoms with Gasteiger partial charge in [-0.25, -0.2) is 13.4 Å². The number of amides is 4. The molecule has 0 bridgehead atoms. The number of methoxy groups -OCH3 is 1. The van der Waals surface area contributed by atoms with Gasteiger partial charge in [-0.3, -0.25) is 28.4 Å². The van der Waals surface area contributed by atoms with Gasteiger partial charge in [-0.15, -0.1) is 11.3 Å². The molecule has 0 saturated carbocycles. The van der Waals surface area contributed by atoms with Gasteiger partial charge < -0.3 is 15.4 Å². The first-order chi connectivity index (χ1) is 24.8. The average Bonchev–Trinajstić information content (AvgIpc) is 3.67. The summed E-state index contributed by atoms with van der Waals surface area (Å²) in [6.45, 7) is 2.96. The molecular weight excluding hydrogens is 703 g/mol. The van der Waals surface area contributed by atoms with E-state index in [0.717, 1.165) is 43.3 Å². The molecule has 1 aliphatic rings. The van der Waals surface area contributed by atoms with E-state index in [1.54, 1.807) is 48.5 Å². The van der Waals surface area contributed by atoms with Crippen molar-refractivity contribution in [3.8, 4) is 17.0 Å². The first-order valence-electron chi connectivity index (χ1n) is 16.1. The molecule has 1 aromatic heterocycles. The van der Waals surface area contributed by atoms with Gasteiger partial charge in [0, 0.05) is 16.6 Å². The predicted octanol–water partition coefficient (Wildman–Crippen LogP) is 5.67. The Labute approximate surface area is 305 Å². The molecule has 12 nitrogen and oxygen atoms in total. The minimum absolute atomic E-state index is 0.282. The van der Waals surface area contributed by atoms with Gasteiger partial charge in [0.15, 0.2) is 5.13 Å². The van der Waals surface area contributed by atoms with Gasteiger partial charge in [0.1, 0.15) is 18.8 Å². The van der Waals surface area contributed by atoms with Crippen LogP contribution in [0.25, 0.3) is 11.3 Å². The summed E-state index contributed by atoms with van der Waals surface area (Å²) < 4.78 is 31.8. The van der Waals surface area contributed by atoms with Crippen LogP contribution in [0, 0.1) is 13.8 Å². The first kappa shape index (κ1) is 35.9. The zero-order chi connectivity index (χ0) is 37.2. The summed E-state index contributed by atoms with van der Waals surface area (Å²) in [5.41, 5.74) is 6.69. The molecule has 52 heavy (non-hydrogen) atoms. The topological polar surface area (TPSA) is 155 Å². The highest BCUT2D eigenvalue weighted by atomic mass is 32.2. The number of nitrogens with zero attached hydrogens (tertiary/aromatic N) is 3. The van der Waals surface area contributed by atoms with Gasteiger partial charge in [-0.2, -0.15) is 0 Å². The molecule has 0 saturated heterocycles. The third-order valence-electron chi connectivity index (χ3n) is 8.50. The van der Waals surface area contributed by atoms with E-state index in [0.29, 0.717) is 28.7 Å². The van der Waals surface area contributed by atoms with Gasteiger partial charge in [0.2, 0.25) is 21.8 Å². The Morgan fingerprint density at radius 3 is 2.23 bits per heavy atom. The van der Waals surface area contributed by atoms with E-state index in [9.17, 15) is 27.6 Å². The van der Waals surface area contributed by atoms with Crippen LogP contribution in [0.15, 0.2) is 90.3 Å². The van der Waals surface area contributed by atoms with Crippen molar-refractivity contribution in [3.63, 3.8) is 0 Å².